The Labute approximate surface area is 157 Å². The van der Waals surface area contributed by atoms with Gasteiger partial charge in [0, 0.05) is 43.3 Å². The van der Waals surface area contributed by atoms with Gasteiger partial charge in [0.1, 0.15) is 0 Å². The summed E-state index contributed by atoms with van der Waals surface area (Å²) in [4.78, 5) is 29.5. The third kappa shape index (κ3) is 4.64. The fourth-order valence-electron chi connectivity index (χ4n) is 3.55. The maximum atomic E-state index is 13.0. The summed E-state index contributed by atoms with van der Waals surface area (Å²) in [5.41, 5.74) is 7.25. The van der Waals surface area contributed by atoms with Crippen molar-refractivity contribution in [3.63, 3.8) is 0 Å². The van der Waals surface area contributed by atoms with Gasteiger partial charge >= 0.3 is 0 Å². The van der Waals surface area contributed by atoms with Gasteiger partial charge in [-0.3, -0.25) is 9.59 Å². The zero-order valence-corrected chi connectivity index (χ0v) is 16.6. The van der Waals surface area contributed by atoms with Crippen molar-refractivity contribution in [3.8, 4) is 0 Å². The summed E-state index contributed by atoms with van der Waals surface area (Å²) in [6, 6.07) is 7.25. The molecule has 0 bridgehead atoms. The number of benzene rings is 1. The standard InChI is InChI=1S/C21H33N3O2/c1-5-11-23(12-6-2)19(25)16-8-7-9-17(14-16)20(26)24-13-10-18(22)21(3,4)15-24/h7-9,14,18H,5-6,10-13,15,22H2,1-4H3. The van der Waals surface area contributed by atoms with Gasteiger partial charge in [0.25, 0.3) is 11.8 Å². The zero-order valence-electron chi connectivity index (χ0n) is 16.6. The maximum Gasteiger partial charge on any atom is 0.253 e. The van der Waals surface area contributed by atoms with Gasteiger partial charge in [-0.15, -0.1) is 0 Å². The van der Waals surface area contributed by atoms with E-state index in [9.17, 15) is 9.59 Å². The molecule has 1 atom stereocenters. The normalized spacial score (nSPS) is 19.3. The molecular weight excluding hydrogens is 326 g/mol. The minimum absolute atomic E-state index is 0.00402. The first kappa shape index (κ1) is 20.4. The minimum atomic E-state index is -0.0968. The van der Waals surface area contributed by atoms with Crippen molar-refractivity contribution in [2.45, 2.75) is 53.0 Å². The van der Waals surface area contributed by atoms with Crippen LogP contribution in [0.1, 0.15) is 67.7 Å². The van der Waals surface area contributed by atoms with Crippen molar-refractivity contribution in [2.24, 2.45) is 11.1 Å². The molecule has 0 spiro atoms. The van der Waals surface area contributed by atoms with Crippen molar-refractivity contribution in [3.05, 3.63) is 35.4 Å². The van der Waals surface area contributed by atoms with Gasteiger partial charge in [-0.2, -0.15) is 0 Å². The first-order valence-corrected chi connectivity index (χ1v) is 9.74. The molecule has 1 aromatic rings. The molecule has 1 unspecified atom stereocenters. The maximum absolute atomic E-state index is 13.0. The lowest BCUT2D eigenvalue weighted by molar-refractivity contribution is 0.0533. The molecule has 1 heterocycles. The van der Waals surface area contributed by atoms with Crippen LogP contribution in [-0.2, 0) is 0 Å². The van der Waals surface area contributed by atoms with E-state index in [2.05, 4.69) is 27.7 Å². The van der Waals surface area contributed by atoms with E-state index in [1.165, 1.54) is 0 Å². The second-order valence-electron chi connectivity index (χ2n) is 7.98. The van der Waals surface area contributed by atoms with Crippen LogP contribution in [0.2, 0.25) is 0 Å². The average molecular weight is 360 g/mol. The molecule has 1 aliphatic rings. The van der Waals surface area contributed by atoms with Crippen molar-refractivity contribution in [1.82, 2.24) is 9.80 Å². The van der Waals surface area contributed by atoms with Crippen LogP contribution in [-0.4, -0.2) is 53.8 Å². The summed E-state index contributed by atoms with van der Waals surface area (Å²) in [7, 11) is 0. The number of carbonyl (C=O) groups excluding carboxylic acids is 2. The van der Waals surface area contributed by atoms with Gasteiger partial charge in [0.2, 0.25) is 0 Å². The van der Waals surface area contributed by atoms with Crippen LogP contribution in [0.25, 0.3) is 0 Å². The lowest BCUT2D eigenvalue weighted by Gasteiger charge is -2.42. The number of nitrogens with two attached hydrogens (primary N) is 1. The molecule has 144 valence electrons. The fraction of sp³-hybridized carbons (Fsp3) is 0.619. The van der Waals surface area contributed by atoms with Gasteiger partial charge in [-0.1, -0.05) is 33.8 Å². The molecule has 2 amide bonds. The predicted molar refractivity (Wildman–Crippen MR) is 105 cm³/mol. The quantitative estimate of drug-likeness (QED) is 0.848. The molecule has 1 saturated heterocycles. The lowest BCUT2D eigenvalue weighted by Crippen LogP contribution is -2.54. The van der Waals surface area contributed by atoms with Crippen molar-refractivity contribution < 1.29 is 9.59 Å². The number of likely N-dealkylation sites (tertiary alicyclic amines) is 1. The van der Waals surface area contributed by atoms with E-state index in [1.807, 2.05) is 9.80 Å². The van der Waals surface area contributed by atoms with Gasteiger partial charge in [-0.25, -0.2) is 0 Å². The van der Waals surface area contributed by atoms with Crippen LogP contribution in [0.15, 0.2) is 24.3 Å². The number of hydrogen-bond acceptors (Lipinski definition) is 3. The fourth-order valence-corrected chi connectivity index (χ4v) is 3.55. The van der Waals surface area contributed by atoms with E-state index in [1.54, 1.807) is 24.3 Å². The number of hydrogen-bond donors (Lipinski definition) is 1. The van der Waals surface area contributed by atoms with E-state index in [0.717, 1.165) is 32.4 Å². The van der Waals surface area contributed by atoms with E-state index in [4.69, 9.17) is 5.73 Å². The molecule has 1 fully saturated rings. The van der Waals surface area contributed by atoms with E-state index >= 15 is 0 Å². The van der Waals surface area contributed by atoms with Crippen LogP contribution in [0, 0.1) is 5.41 Å². The minimum Gasteiger partial charge on any atom is -0.339 e. The Balaban J connectivity index is 2.18. The second-order valence-corrected chi connectivity index (χ2v) is 7.98. The highest BCUT2D eigenvalue weighted by Crippen LogP contribution is 2.28. The van der Waals surface area contributed by atoms with Gasteiger partial charge < -0.3 is 15.5 Å². The molecule has 0 aromatic heterocycles. The highest BCUT2D eigenvalue weighted by Gasteiger charge is 2.35. The van der Waals surface area contributed by atoms with Crippen LogP contribution in [0.4, 0.5) is 0 Å². The van der Waals surface area contributed by atoms with E-state index in [-0.39, 0.29) is 23.3 Å². The molecule has 2 rings (SSSR count). The van der Waals surface area contributed by atoms with Crippen molar-refractivity contribution in [2.75, 3.05) is 26.2 Å². The molecule has 5 heteroatoms. The van der Waals surface area contributed by atoms with Crippen LogP contribution >= 0.6 is 0 Å². The number of carbonyl (C=O) groups is 2. The topological polar surface area (TPSA) is 66.6 Å². The van der Waals surface area contributed by atoms with E-state index < -0.39 is 0 Å². The smallest absolute Gasteiger partial charge is 0.253 e. The zero-order chi connectivity index (χ0) is 19.3. The number of rotatable bonds is 6. The Morgan fingerprint density at radius 1 is 1.19 bits per heavy atom. The molecule has 26 heavy (non-hydrogen) atoms. The van der Waals surface area contributed by atoms with E-state index in [0.29, 0.717) is 24.2 Å². The summed E-state index contributed by atoms with van der Waals surface area (Å²) in [5.74, 6) is -0.0125. The molecule has 0 saturated carbocycles. The largest absolute Gasteiger partial charge is 0.339 e. The third-order valence-corrected chi connectivity index (χ3v) is 5.23. The van der Waals surface area contributed by atoms with Crippen molar-refractivity contribution >= 4 is 11.8 Å². The van der Waals surface area contributed by atoms with Crippen LogP contribution < -0.4 is 5.73 Å². The molecular formula is C21H33N3O2. The Morgan fingerprint density at radius 3 is 2.38 bits per heavy atom. The van der Waals surface area contributed by atoms with Crippen molar-refractivity contribution in [1.29, 1.82) is 0 Å². The molecule has 1 aliphatic heterocycles. The highest BCUT2D eigenvalue weighted by atomic mass is 16.2. The SMILES string of the molecule is CCCN(CCC)C(=O)c1cccc(C(=O)N2CCC(N)C(C)(C)C2)c1. The third-order valence-electron chi connectivity index (χ3n) is 5.23. The second kappa shape index (κ2) is 8.67. The number of nitrogens with zero attached hydrogens (tertiary/aromatic N) is 2. The first-order chi connectivity index (χ1) is 12.3. The van der Waals surface area contributed by atoms with Gasteiger partial charge in [0.05, 0.1) is 0 Å². The average Bonchev–Trinajstić information content (AvgIpc) is 2.62. The molecule has 0 aliphatic carbocycles. The van der Waals surface area contributed by atoms with Gasteiger partial charge in [-0.05, 0) is 42.9 Å². The number of amides is 2. The summed E-state index contributed by atoms with van der Waals surface area (Å²) in [6.07, 6.45) is 2.65. The molecule has 1 aromatic carbocycles. The summed E-state index contributed by atoms with van der Waals surface area (Å²) < 4.78 is 0. The molecule has 2 N–H and O–H groups in total. The monoisotopic (exact) mass is 359 g/mol. The Kier molecular flexibility index (Phi) is 6.81. The number of piperidine rings is 1. The lowest BCUT2D eigenvalue weighted by atomic mass is 9.79. The van der Waals surface area contributed by atoms with Gasteiger partial charge in [0.15, 0.2) is 0 Å². The Morgan fingerprint density at radius 2 is 1.81 bits per heavy atom. The van der Waals surface area contributed by atoms with Crippen LogP contribution in [0.5, 0.6) is 0 Å². The Bertz CT molecular complexity index is 636. The summed E-state index contributed by atoms with van der Waals surface area (Å²) >= 11 is 0. The molecule has 0 radical (unpaired) electrons. The highest BCUT2D eigenvalue weighted by molar-refractivity contribution is 5.99. The first-order valence-electron chi connectivity index (χ1n) is 9.74. The Hall–Kier alpha value is -1.88. The predicted octanol–water partition coefficient (Wildman–Crippen LogP) is 3.15. The summed E-state index contributed by atoms with van der Waals surface area (Å²) in [6.45, 7) is 11.1. The summed E-state index contributed by atoms with van der Waals surface area (Å²) in [5, 5.41) is 0. The van der Waals surface area contributed by atoms with Crippen LogP contribution in [0.3, 0.4) is 0 Å². The molecule has 5 nitrogen and oxygen atoms in total.